The van der Waals surface area contributed by atoms with Gasteiger partial charge in [0.1, 0.15) is 11.1 Å². The number of methoxy groups -OCH3 is 1. The number of carbonyl (C=O) groups excluding carboxylic acids is 1. The summed E-state index contributed by atoms with van der Waals surface area (Å²) in [6.07, 6.45) is 4.79. The van der Waals surface area contributed by atoms with Crippen molar-refractivity contribution in [1.82, 2.24) is 0 Å². The minimum absolute atomic E-state index is 0.185. The van der Waals surface area contributed by atoms with Crippen molar-refractivity contribution >= 4 is 51.1 Å². The van der Waals surface area contributed by atoms with Gasteiger partial charge in [-0.15, -0.1) is 11.3 Å². The lowest BCUT2D eigenvalue weighted by Gasteiger charge is -2.33. The number of aliphatic imine (C=N–C) groups is 1. The van der Waals surface area contributed by atoms with Crippen LogP contribution in [0.1, 0.15) is 55.7 Å². The maximum atomic E-state index is 11.6. The van der Waals surface area contributed by atoms with Crippen molar-refractivity contribution in [2.24, 2.45) is 16.3 Å². The summed E-state index contributed by atoms with van der Waals surface area (Å²) in [5, 5.41) is 10.6. The first kappa shape index (κ1) is 25.5. The quantitative estimate of drug-likeness (QED) is 0.226. The van der Waals surface area contributed by atoms with Crippen LogP contribution in [-0.2, 0) is 22.4 Å². The third-order valence-corrected chi connectivity index (χ3v) is 7.77. The highest BCUT2D eigenvalue weighted by Crippen LogP contribution is 2.45. The SMILES string of the molecule is CCOC(=O)COc1c(I)cc(C=Nc2sc3c(c2C#N)CC[C@@H](C(C)(C)C)C3)cc1OC. The average molecular weight is 580 g/mol. The van der Waals surface area contributed by atoms with Crippen molar-refractivity contribution in [3.8, 4) is 17.6 Å². The Morgan fingerprint density at radius 3 is 2.79 bits per heavy atom. The molecule has 176 valence electrons. The molecule has 0 unspecified atom stereocenters. The molecule has 1 aliphatic rings. The number of ether oxygens (including phenoxy) is 3. The summed E-state index contributed by atoms with van der Waals surface area (Å²) in [6.45, 7) is 8.73. The van der Waals surface area contributed by atoms with Crippen molar-refractivity contribution in [2.45, 2.75) is 47.0 Å². The molecule has 1 aromatic heterocycles. The first-order chi connectivity index (χ1) is 15.7. The maximum Gasteiger partial charge on any atom is 0.344 e. The number of carbonyl (C=O) groups is 1. The second-order valence-corrected chi connectivity index (χ2v) is 11.2. The third-order valence-electron chi connectivity index (χ3n) is 5.81. The molecule has 3 rings (SSSR count). The predicted molar refractivity (Wildman–Crippen MR) is 139 cm³/mol. The summed E-state index contributed by atoms with van der Waals surface area (Å²) in [7, 11) is 1.55. The topological polar surface area (TPSA) is 80.9 Å². The summed E-state index contributed by atoms with van der Waals surface area (Å²) < 4.78 is 16.8. The van der Waals surface area contributed by atoms with Crippen LogP contribution in [0, 0.1) is 26.2 Å². The smallest absolute Gasteiger partial charge is 0.344 e. The highest BCUT2D eigenvalue weighted by Gasteiger charge is 2.32. The lowest BCUT2D eigenvalue weighted by Crippen LogP contribution is -2.26. The fraction of sp³-hybridized carbons (Fsp3) is 0.480. The van der Waals surface area contributed by atoms with E-state index in [0.717, 1.165) is 33.4 Å². The van der Waals surface area contributed by atoms with Gasteiger partial charge in [0.15, 0.2) is 18.1 Å². The van der Waals surface area contributed by atoms with E-state index in [2.05, 4.69) is 54.4 Å². The number of nitriles is 1. The van der Waals surface area contributed by atoms with E-state index in [4.69, 9.17) is 14.2 Å². The molecule has 1 atom stereocenters. The average Bonchev–Trinajstić information content (AvgIpc) is 3.12. The minimum atomic E-state index is -0.430. The van der Waals surface area contributed by atoms with Crippen LogP contribution >= 0.6 is 33.9 Å². The largest absolute Gasteiger partial charge is 0.493 e. The van der Waals surface area contributed by atoms with Crippen LogP contribution in [0.2, 0.25) is 0 Å². The van der Waals surface area contributed by atoms with Gasteiger partial charge < -0.3 is 14.2 Å². The second-order valence-electron chi connectivity index (χ2n) is 8.99. The number of nitrogens with zero attached hydrogens (tertiary/aromatic N) is 2. The molecule has 1 aromatic carbocycles. The fourth-order valence-corrected chi connectivity index (χ4v) is 5.94. The van der Waals surface area contributed by atoms with Crippen molar-refractivity contribution in [3.63, 3.8) is 0 Å². The molecule has 8 heteroatoms. The van der Waals surface area contributed by atoms with E-state index in [9.17, 15) is 10.1 Å². The van der Waals surface area contributed by atoms with Gasteiger partial charge in [-0.2, -0.15) is 5.26 Å². The minimum Gasteiger partial charge on any atom is -0.493 e. The number of hydrogen-bond acceptors (Lipinski definition) is 7. The van der Waals surface area contributed by atoms with Crippen molar-refractivity contribution in [1.29, 1.82) is 5.26 Å². The van der Waals surface area contributed by atoms with Crippen LogP contribution in [0.5, 0.6) is 11.5 Å². The first-order valence-corrected chi connectivity index (χ1v) is 12.8. The number of fused-ring (bicyclic) bond motifs is 1. The monoisotopic (exact) mass is 580 g/mol. The molecule has 0 saturated heterocycles. The van der Waals surface area contributed by atoms with Gasteiger partial charge in [0, 0.05) is 11.1 Å². The van der Waals surface area contributed by atoms with Gasteiger partial charge in [-0.05, 0) is 83.4 Å². The van der Waals surface area contributed by atoms with Crippen LogP contribution in [0.3, 0.4) is 0 Å². The Balaban J connectivity index is 1.84. The molecule has 0 amide bonds. The lowest BCUT2D eigenvalue weighted by molar-refractivity contribution is -0.145. The van der Waals surface area contributed by atoms with E-state index in [0.29, 0.717) is 29.6 Å². The summed E-state index contributed by atoms with van der Waals surface area (Å²) in [5.41, 5.74) is 2.95. The number of rotatable bonds is 7. The molecule has 1 heterocycles. The van der Waals surface area contributed by atoms with Gasteiger partial charge in [0.2, 0.25) is 0 Å². The predicted octanol–water partition coefficient (Wildman–Crippen LogP) is 6.08. The van der Waals surface area contributed by atoms with Crippen molar-refractivity contribution < 1.29 is 19.0 Å². The van der Waals surface area contributed by atoms with E-state index in [1.54, 1.807) is 37.7 Å². The number of hydrogen-bond donors (Lipinski definition) is 0. The first-order valence-electron chi connectivity index (χ1n) is 10.9. The zero-order chi connectivity index (χ0) is 24.2. The molecular weight excluding hydrogens is 551 g/mol. The zero-order valence-electron chi connectivity index (χ0n) is 19.7. The van der Waals surface area contributed by atoms with Gasteiger partial charge >= 0.3 is 5.97 Å². The van der Waals surface area contributed by atoms with E-state index in [1.807, 2.05) is 6.07 Å². The lowest BCUT2D eigenvalue weighted by atomic mass is 9.72. The standard InChI is InChI=1S/C25H29IN2O4S/c1-6-31-22(29)14-32-23-19(26)9-15(10-20(23)30-5)13-28-24-18(12-27)17-8-7-16(25(2,3)4)11-21(17)33-24/h9-10,13,16H,6-8,11,14H2,1-5H3/t16-/m1/s1. The Morgan fingerprint density at radius 1 is 1.39 bits per heavy atom. The highest BCUT2D eigenvalue weighted by molar-refractivity contribution is 14.1. The zero-order valence-corrected chi connectivity index (χ0v) is 22.6. The molecule has 0 spiro atoms. The summed E-state index contributed by atoms with van der Waals surface area (Å²) in [4.78, 5) is 17.6. The number of esters is 1. The van der Waals surface area contributed by atoms with Crippen LogP contribution in [0.25, 0.3) is 0 Å². The third kappa shape index (κ3) is 6.07. The molecule has 0 N–H and O–H groups in total. The van der Waals surface area contributed by atoms with Gasteiger partial charge in [-0.3, -0.25) is 0 Å². The van der Waals surface area contributed by atoms with Crippen molar-refractivity contribution in [3.05, 3.63) is 37.3 Å². The molecule has 0 radical (unpaired) electrons. The Hall–Kier alpha value is -2.12. The number of halogens is 1. The van der Waals surface area contributed by atoms with Crippen molar-refractivity contribution in [2.75, 3.05) is 20.3 Å². The summed E-state index contributed by atoms with van der Waals surface area (Å²) in [6, 6.07) is 6.09. The van der Waals surface area contributed by atoms with Crippen LogP contribution in [0.15, 0.2) is 17.1 Å². The fourth-order valence-electron chi connectivity index (χ4n) is 3.94. The molecule has 33 heavy (non-hydrogen) atoms. The Bertz CT molecular complexity index is 1100. The Morgan fingerprint density at radius 2 is 2.15 bits per heavy atom. The van der Waals surface area contributed by atoms with Gasteiger partial charge in [0.05, 0.1) is 22.9 Å². The summed E-state index contributed by atoms with van der Waals surface area (Å²) in [5.74, 6) is 1.17. The molecule has 6 nitrogen and oxygen atoms in total. The van der Waals surface area contributed by atoms with Crippen LogP contribution in [0.4, 0.5) is 5.00 Å². The number of benzene rings is 1. The molecule has 0 aliphatic heterocycles. The van der Waals surface area contributed by atoms with Gasteiger partial charge in [-0.1, -0.05) is 20.8 Å². The van der Waals surface area contributed by atoms with E-state index < -0.39 is 5.97 Å². The van der Waals surface area contributed by atoms with E-state index in [-0.39, 0.29) is 12.0 Å². The molecule has 0 fully saturated rings. The Labute approximate surface area is 213 Å². The maximum absolute atomic E-state index is 11.6. The summed E-state index contributed by atoms with van der Waals surface area (Å²) >= 11 is 3.77. The van der Waals surface area contributed by atoms with E-state index in [1.165, 1.54) is 10.4 Å². The van der Waals surface area contributed by atoms with Crippen LogP contribution < -0.4 is 9.47 Å². The molecular formula is C25H29IN2O4S. The number of thiophene rings is 1. The molecule has 2 aromatic rings. The highest BCUT2D eigenvalue weighted by atomic mass is 127. The van der Waals surface area contributed by atoms with Crippen LogP contribution in [-0.4, -0.2) is 32.5 Å². The second kappa shape index (κ2) is 10.9. The molecule has 0 saturated carbocycles. The Kier molecular flexibility index (Phi) is 8.40. The molecule has 1 aliphatic carbocycles. The molecule has 0 bridgehead atoms. The van der Waals surface area contributed by atoms with E-state index >= 15 is 0 Å². The van der Waals surface area contributed by atoms with Gasteiger partial charge in [-0.25, -0.2) is 9.79 Å². The normalized spacial score (nSPS) is 15.7. The van der Waals surface area contributed by atoms with Gasteiger partial charge in [0.25, 0.3) is 0 Å².